The number of ether oxygens (including phenoxy) is 1. The Morgan fingerprint density at radius 1 is 0.933 bits per heavy atom. The predicted molar refractivity (Wildman–Crippen MR) is 187 cm³/mol. The summed E-state index contributed by atoms with van der Waals surface area (Å²) in [4.78, 5) is 25.7. The molecule has 2 N–H and O–H groups in total. The van der Waals surface area contributed by atoms with E-state index < -0.39 is 7.14 Å². The van der Waals surface area contributed by atoms with Crippen molar-refractivity contribution in [2.75, 3.05) is 82.3 Å². The molecule has 0 radical (unpaired) electrons. The van der Waals surface area contributed by atoms with E-state index >= 15 is 0 Å². The average Bonchev–Trinajstić information content (AvgIpc) is 3.03. The molecule has 2 aliphatic rings. The fraction of sp³-hybridized carbons (Fsp3) is 0.438. The second-order valence-corrected chi connectivity index (χ2v) is 16.2. The molecule has 4 aromatic rings. The van der Waals surface area contributed by atoms with E-state index in [1.807, 2.05) is 18.2 Å². The highest BCUT2D eigenvalue weighted by atomic mass is 79.9. The van der Waals surface area contributed by atoms with Gasteiger partial charge in [-0.3, -0.25) is 14.9 Å². The van der Waals surface area contributed by atoms with Crippen LogP contribution in [0.5, 0.6) is 5.75 Å². The summed E-state index contributed by atoms with van der Waals surface area (Å²) in [5.41, 5.74) is 5.03. The number of benzene rings is 2. The number of methoxy groups -OCH3 is 1. The zero-order valence-corrected chi connectivity index (χ0v) is 29.0. The molecule has 0 atom stereocenters. The number of likely N-dealkylation sites (N-methyl/N-ethyl adjacent to an activating group) is 1. The lowest BCUT2D eigenvalue weighted by atomic mass is 10.0. The standard InChI is InChI=1S/C32H41BrN9O2P/c1-21-27(42-14-10-22(11-15-42)41-18-16-40(2)17-19-41)9-8-25(29(21)44-3)38-32-36-20-23(33)31(39-32)37-26-7-6-24-28(35-13-12-34-24)30(26)45(4,5)43/h6-9,12-13,20,22H,10-11,14-19H2,1-5H3,(H2,36,37,38,39). The van der Waals surface area contributed by atoms with E-state index in [9.17, 15) is 4.57 Å². The van der Waals surface area contributed by atoms with Crippen LogP contribution in [0.2, 0.25) is 0 Å². The van der Waals surface area contributed by atoms with Gasteiger partial charge in [-0.2, -0.15) is 4.98 Å². The highest BCUT2D eigenvalue weighted by Crippen LogP contribution is 2.42. The minimum atomic E-state index is -2.73. The number of fused-ring (bicyclic) bond motifs is 1. The van der Waals surface area contributed by atoms with E-state index in [2.05, 4.69) is 76.3 Å². The molecule has 45 heavy (non-hydrogen) atoms. The van der Waals surface area contributed by atoms with Gasteiger partial charge in [-0.1, -0.05) is 0 Å². The Balaban J connectivity index is 1.21. The molecule has 238 valence electrons. The molecule has 6 rings (SSSR count). The molecule has 4 heterocycles. The Bertz CT molecular complexity index is 1730. The summed E-state index contributed by atoms with van der Waals surface area (Å²) in [7, 11) is 1.18. The number of piperazine rings is 1. The molecule has 2 aromatic heterocycles. The Labute approximate surface area is 273 Å². The molecule has 0 aliphatic carbocycles. The molecule has 13 heteroatoms. The zero-order chi connectivity index (χ0) is 31.7. The summed E-state index contributed by atoms with van der Waals surface area (Å²) in [5.74, 6) is 1.70. The Morgan fingerprint density at radius 2 is 1.64 bits per heavy atom. The number of nitrogens with zero attached hydrogens (tertiary/aromatic N) is 7. The van der Waals surface area contributed by atoms with E-state index in [1.165, 1.54) is 31.6 Å². The Kier molecular flexibility index (Phi) is 9.29. The smallest absolute Gasteiger partial charge is 0.229 e. The zero-order valence-electron chi connectivity index (χ0n) is 26.5. The van der Waals surface area contributed by atoms with Gasteiger partial charge < -0.3 is 29.7 Å². The van der Waals surface area contributed by atoms with Gasteiger partial charge in [0.15, 0.2) is 0 Å². The monoisotopic (exact) mass is 693 g/mol. The molecule has 2 fully saturated rings. The van der Waals surface area contributed by atoms with E-state index in [-0.39, 0.29) is 0 Å². The van der Waals surface area contributed by atoms with Crippen LogP contribution in [0, 0.1) is 6.92 Å². The van der Waals surface area contributed by atoms with Crippen molar-refractivity contribution in [1.29, 1.82) is 0 Å². The molecule has 0 spiro atoms. The summed E-state index contributed by atoms with van der Waals surface area (Å²) in [5, 5.41) is 7.36. The van der Waals surface area contributed by atoms with Crippen LogP contribution in [0.25, 0.3) is 11.0 Å². The number of hydrogen-bond acceptors (Lipinski definition) is 11. The summed E-state index contributed by atoms with van der Waals surface area (Å²) in [6.07, 6.45) is 7.28. The number of hydrogen-bond donors (Lipinski definition) is 2. The van der Waals surface area contributed by atoms with Crippen molar-refractivity contribution >= 4 is 68.2 Å². The largest absolute Gasteiger partial charge is 0.494 e. The quantitative estimate of drug-likeness (QED) is 0.230. The molecule has 2 aromatic carbocycles. The number of halogens is 1. The molecule has 11 nitrogen and oxygen atoms in total. The lowest BCUT2D eigenvalue weighted by molar-refractivity contribution is 0.0982. The molecule has 2 aliphatic heterocycles. The van der Waals surface area contributed by atoms with Crippen molar-refractivity contribution < 1.29 is 9.30 Å². The topological polar surface area (TPSA) is 112 Å². The SMILES string of the molecule is COc1c(Nc2ncc(Br)c(Nc3ccc4nccnc4c3P(C)(C)=O)n2)ccc(N2CCC(N3CCN(C)CC3)CC2)c1C. The van der Waals surface area contributed by atoms with Crippen LogP contribution < -0.4 is 25.6 Å². The first-order valence-electron chi connectivity index (χ1n) is 15.3. The van der Waals surface area contributed by atoms with Crippen molar-refractivity contribution in [3.8, 4) is 5.75 Å². The van der Waals surface area contributed by atoms with Crippen LogP contribution in [0.3, 0.4) is 0 Å². The van der Waals surface area contributed by atoms with E-state index in [0.29, 0.717) is 44.3 Å². The van der Waals surface area contributed by atoms with Gasteiger partial charge in [-0.05, 0) is 80.3 Å². The lowest BCUT2D eigenvalue weighted by Gasteiger charge is -2.43. The minimum Gasteiger partial charge on any atom is -0.494 e. The molecule has 0 bridgehead atoms. The summed E-state index contributed by atoms with van der Waals surface area (Å²) < 4.78 is 20.0. The number of nitrogens with one attached hydrogen (secondary N) is 2. The van der Waals surface area contributed by atoms with E-state index in [4.69, 9.17) is 9.72 Å². The van der Waals surface area contributed by atoms with Gasteiger partial charge in [-0.15, -0.1) is 0 Å². The second kappa shape index (κ2) is 13.2. The van der Waals surface area contributed by atoms with Crippen molar-refractivity contribution in [2.24, 2.45) is 0 Å². The third-order valence-corrected chi connectivity index (χ3v) is 10.9. The molecule has 0 unspecified atom stereocenters. The van der Waals surface area contributed by atoms with Crippen molar-refractivity contribution in [1.82, 2.24) is 29.7 Å². The average molecular weight is 695 g/mol. The van der Waals surface area contributed by atoms with E-state index in [1.54, 1.807) is 39.0 Å². The van der Waals surface area contributed by atoms with Crippen LogP contribution in [0.15, 0.2) is 47.3 Å². The van der Waals surface area contributed by atoms with Crippen LogP contribution in [0.1, 0.15) is 18.4 Å². The lowest BCUT2D eigenvalue weighted by Crippen LogP contribution is -2.52. The van der Waals surface area contributed by atoms with Crippen molar-refractivity contribution in [3.63, 3.8) is 0 Å². The predicted octanol–water partition coefficient (Wildman–Crippen LogP) is 5.45. The first-order chi connectivity index (χ1) is 21.6. The summed E-state index contributed by atoms with van der Waals surface area (Å²) in [6.45, 7) is 12.3. The molecular formula is C32H41BrN9O2P. The van der Waals surface area contributed by atoms with Gasteiger partial charge in [-0.25, -0.2) is 4.98 Å². The Morgan fingerprint density at radius 3 is 2.36 bits per heavy atom. The highest BCUT2D eigenvalue weighted by Gasteiger charge is 2.28. The second-order valence-electron chi connectivity index (χ2n) is 12.2. The van der Waals surface area contributed by atoms with Gasteiger partial charge in [0.25, 0.3) is 0 Å². The van der Waals surface area contributed by atoms with E-state index in [0.717, 1.165) is 43.2 Å². The maximum Gasteiger partial charge on any atom is 0.229 e. The van der Waals surface area contributed by atoms with Crippen LogP contribution in [-0.4, -0.2) is 103 Å². The maximum atomic E-state index is 13.4. The fourth-order valence-corrected chi connectivity index (χ4v) is 8.16. The normalized spacial score (nSPS) is 17.1. The van der Waals surface area contributed by atoms with Gasteiger partial charge in [0.05, 0.1) is 33.8 Å². The maximum absolute atomic E-state index is 13.4. The number of aromatic nitrogens is 4. The summed E-state index contributed by atoms with van der Waals surface area (Å²) >= 11 is 3.58. The molecular weight excluding hydrogens is 653 g/mol. The van der Waals surface area contributed by atoms with Crippen molar-refractivity contribution in [2.45, 2.75) is 25.8 Å². The van der Waals surface area contributed by atoms with Gasteiger partial charge in [0.2, 0.25) is 5.95 Å². The third kappa shape index (κ3) is 6.79. The van der Waals surface area contributed by atoms with Gasteiger partial charge >= 0.3 is 0 Å². The number of anilines is 5. The molecule has 0 saturated carbocycles. The van der Waals surface area contributed by atoms with Crippen LogP contribution in [0.4, 0.5) is 28.8 Å². The fourth-order valence-electron chi connectivity index (χ4n) is 6.48. The first kappa shape index (κ1) is 31.7. The first-order valence-corrected chi connectivity index (χ1v) is 18.7. The van der Waals surface area contributed by atoms with Crippen molar-refractivity contribution in [3.05, 3.63) is 52.9 Å². The highest BCUT2D eigenvalue weighted by molar-refractivity contribution is 9.10. The minimum absolute atomic E-state index is 0.400. The van der Waals surface area contributed by atoms with Gasteiger partial charge in [0.1, 0.15) is 24.2 Å². The van der Waals surface area contributed by atoms with Crippen LogP contribution >= 0.6 is 23.1 Å². The van der Waals surface area contributed by atoms with Gasteiger partial charge in [0, 0.05) is 75.2 Å². The Hall–Kier alpha value is -3.31. The third-order valence-electron chi connectivity index (χ3n) is 8.84. The summed E-state index contributed by atoms with van der Waals surface area (Å²) in [6, 6.07) is 8.60. The molecule has 2 saturated heterocycles. The molecule has 0 amide bonds. The number of rotatable bonds is 8. The number of piperidine rings is 1. The van der Waals surface area contributed by atoms with Crippen LogP contribution in [-0.2, 0) is 4.57 Å².